The predicted molar refractivity (Wildman–Crippen MR) is 81.6 cm³/mol. The van der Waals surface area contributed by atoms with Crippen LogP contribution in [0.15, 0.2) is 45.5 Å². The smallest absolute Gasteiger partial charge is 0.254 e. The fraction of sp³-hybridized carbons (Fsp3) is 0.267. The second-order valence-corrected chi connectivity index (χ2v) is 5.74. The van der Waals surface area contributed by atoms with Gasteiger partial charge in [-0.05, 0) is 44.4 Å². The maximum absolute atomic E-state index is 13.7. The third-order valence-electron chi connectivity index (χ3n) is 3.12. The molecule has 0 aliphatic rings. The highest BCUT2D eigenvalue weighted by Crippen LogP contribution is 2.19. The molecule has 1 aromatic heterocycles. The lowest BCUT2D eigenvalue weighted by Gasteiger charge is -2.22. The van der Waals surface area contributed by atoms with Crippen molar-refractivity contribution in [3.05, 3.63) is 58.2 Å². The fourth-order valence-electron chi connectivity index (χ4n) is 1.97. The molecule has 2 aromatic rings. The lowest BCUT2D eigenvalue weighted by atomic mass is 10.1. The molecule has 1 amide bonds. The van der Waals surface area contributed by atoms with E-state index >= 15 is 0 Å². The number of carbonyl (C=O) groups excluding carboxylic acids is 1. The third kappa shape index (κ3) is 3.92. The highest BCUT2D eigenvalue weighted by atomic mass is 79.9. The van der Waals surface area contributed by atoms with Crippen LogP contribution in [-0.2, 0) is 0 Å². The topological polar surface area (TPSA) is 45.5 Å². The average molecular weight is 355 g/mol. The zero-order chi connectivity index (χ0) is 15.4. The van der Waals surface area contributed by atoms with Crippen molar-refractivity contribution in [2.24, 2.45) is 0 Å². The number of nitrogens with zero attached hydrogens (tertiary/aromatic N) is 1. The van der Waals surface area contributed by atoms with Gasteiger partial charge in [0.05, 0.1) is 17.9 Å². The van der Waals surface area contributed by atoms with Crippen LogP contribution in [0.1, 0.15) is 22.2 Å². The lowest BCUT2D eigenvalue weighted by molar-refractivity contribution is 0.0935. The highest BCUT2D eigenvalue weighted by molar-refractivity contribution is 9.10. The first-order valence-electron chi connectivity index (χ1n) is 6.42. The van der Waals surface area contributed by atoms with Gasteiger partial charge in [-0.2, -0.15) is 0 Å². The summed E-state index contributed by atoms with van der Waals surface area (Å²) >= 11 is 3.23. The van der Waals surface area contributed by atoms with Crippen LogP contribution >= 0.6 is 15.9 Å². The minimum atomic E-state index is -0.546. The number of benzene rings is 1. The molecular weight excluding hydrogens is 339 g/mol. The zero-order valence-electron chi connectivity index (χ0n) is 11.8. The van der Waals surface area contributed by atoms with Crippen LogP contribution in [0.25, 0.3) is 0 Å². The van der Waals surface area contributed by atoms with Gasteiger partial charge in [-0.1, -0.05) is 15.9 Å². The Balaban J connectivity index is 2.07. The Morgan fingerprint density at radius 2 is 2.19 bits per heavy atom. The summed E-state index contributed by atoms with van der Waals surface area (Å²) in [5.74, 6) is -0.252. The summed E-state index contributed by atoms with van der Waals surface area (Å²) in [5, 5.41) is 2.74. The quantitative estimate of drug-likeness (QED) is 0.896. The Morgan fingerprint density at radius 3 is 2.81 bits per heavy atom. The van der Waals surface area contributed by atoms with Crippen LogP contribution in [0, 0.1) is 5.82 Å². The standard InChI is InChI=1S/C15H16BrFN2O2/c1-19(2)13(14-4-3-7-21-14)9-18-15(20)11-8-10(16)5-6-12(11)17/h3-8,13H,9H2,1-2H3,(H,18,20). The van der Waals surface area contributed by atoms with Crippen molar-refractivity contribution >= 4 is 21.8 Å². The van der Waals surface area contributed by atoms with Crippen molar-refractivity contribution in [3.63, 3.8) is 0 Å². The molecule has 4 nitrogen and oxygen atoms in total. The number of likely N-dealkylation sites (N-methyl/N-ethyl adjacent to an activating group) is 1. The second kappa shape index (κ2) is 6.87. The van der Waals surface area contributed by atoms with Gasteiger partial charge < -0.3 is 9.73 Å². The second-order valence-electron chi connectivity index (χ2n) is 4.83. The molecule has 0 aliphatic heterocycles. The van der Waals surface area contributed by atoms with Crippen molar-refractivity contribution in [3.8, 4) is 0 Å². The molecule has 6 heteroatoms. The van der Waals surface area contributed by atoms with Gasteiger partial charge in [0.25, 0.3) is 5.91 Å². The Kier molecular flexibility index (Phi) is 5.14. The van der Waals surface area contributed by atoms with Crippen LogP contribution < -0.4 is 5.32 Å². The first kappa shape index (κ1) is 15.7. The molecule has 1 heterocycles. The number of nitrogens with one attached hydrogen (secondary N) is 1. The summed E-state index contributed by atoms with van der Waals surface area (Å²) in [4.78, 5) is 14.0. The first-order chi connectivity index (χ1) is 9.99. The van der Waals surface area contributed by atoms with E-state index in [9.17, 15) is 9.18 Å². The van der Waals surface area contributed by atoms with Crippen molar-refractivity contribution in [1.29, 1.82) is 0 Å². The predicted octanol–water partition coefficient (Wildman–Crippen LogP) is 3.21. The van der Waals surface area contributed by atoms with Crippen LogP contribution in [0.5, 0.6) is 0 Å². The molecule has 0 saturated carbocycles. The third-order valence-corrected chi connectivity index (χ3v) is 3.62. The molecule has 1 N–H and O–H groups in total. The minimum Gasteiger partial charge on any atom is -0.468 e. The maximum atomic E-state index is 13.7. The molecule has 0 saturated heterocycles. The van der Waals surface area contributed by atoms with E-state index in [0.29, 0.717) is 11.0 Å². The van der Waals surface area contributed by atoms with E-state index in [1.165, 1.54) is 12.1 Å². The fourth-order valence-corrected chi connectivity index (χ4v) is 2.34. The van der Waals surface area contributed by atoms with Gasteiger partial charge in [-0.15, -0.1) is 0 Å². The van der Waals surface area contributed by atoms with Gasteiger partial charge in [0.1, 0.15) is 11.6 Å². The van der Waals surface area contributed by atoms with Gasteiger partial charge in [0, 0.05) is 11.0 Å². The Labute approximate surface area is 131 Å². The SMILES string of the molecule is CN(C)C(CNC(=O)c1cc(Br)ccc1F)c1ccco1. The summed E-state index contributed by atoms with van der Waals surface area (Å²) in [7, 11) is 3.78. The number of amides is 1. The summed E-state index contributed by atoms with van der Waals surface area (Å²) in [6.07, 6.45) is 1.58. The highest BCUT2D eigenvalue weighted by Gasteiger charge is 2.19. The van der Waals surface area contributed by atoms with Crippen molar-refractivity contribution in [1.82, 2.24) is 10.2 Å². The molecule has 1 atom stereocenters. The van der Waals surface area contributed by atoms with Gasteiger partial charge in [0.15, 0.2) is 0 Å². The van der Waals surface area contributed by atoms with E-state index in [1.54, 1.807) is 18.4 Å². The van der Waals surface area contributed by atoms with E-state index < -0.39 is 11.7 Å². The van der Waals surface area contributed by atoms with E-state index in [1.807, 2.05) is 25.1 Å². The normalized spacial score (nSPS) is 12.4. The molecule has 21 heavy (non-hydrogen) atoms. The van der Waals surface area contributed by atoms with Gasteiger partial charge in [0.2, 0.25) is 0 Å². The molecule has 0 bridgehead atoms. The molecule has 112 valence electrons. The van der Waals surface area contributed by atoms with E-state index in [4.69, 9.17) is 4.42 Å². The van der Waals surface area contributed by atoms with Crippen molar-refractivity contribution < 1.29 is 13.6 Å². The number of hydrogen-bond acceptors (Lipinski definition) is 3. The van der Waals surface area contributed by atoms with Crippen molar-refractivity contribution in [2.75, 3.05) is 20.6 Å². The van der Waals surface area contributed by atoms with Crippen LogP contribution in [-0.4, -0.2) is 31.4 Å². The number of hydrogen-bond donors (Lipinski definition) is 1. The lowest BCUT2D eigenvalue weighted by Crippen LogP contribution is -2.34. The molecule has 2 rings (SSSR count). The number of furan rings is 1. The van der Waals surface area contributed by atoms with Crippen LogP contribution in [0.2, 0.25) is 0 Å². The van der Waals surface area contributed by atoms with Gasteiger partial charge in [-0.3, -0.25) is 9.69 Å². The summed E-state index contributed by atoms with van der Waals surface area (Å²) in [6, 6.07) is 7.80. The summed E-state index contributed by atoms with van der Waals surface area (Å²) in [5.41, 5.74) is 0.0151. The summed E-state index contributed by atoms with van der Waals surface area (Å²) in [6.45, 7) is 0.325. The van der Waals surface area contributed by atoms with Crippen LogP contribution in [0.4, 0.5) is 4.39 Å². The summed E-state index contributed by atoms with van der Waals surface area (Å²) < 4.78 is 19.7. The molecule has 1 aromatic carbocycles. The largest absolute Gasteiger partial charge is 0.468 e. The molecule has 0 aliphatic carbocycles. The first-order valence-corrected chi connectivity index (χ1v) is 7.21. The molecule has 0 spiro atoms. The molecule has 1 unspecified atom stereocenters. The minimum absolute atomic E-state index is 0.0151. The van der Waals surface area contributed by atoms with E-state index in [-0.39, 0.29) is 11.6 Å². The van der Waals surface area contributed by atoms with E-state index in [0.717, 1.165) is 5.76 Å². The van der Waals surface area contributed by atoms with Gasteiger partial charge in [-0.25, -0.2) is 4.39 Å². The van der Waals surface area contributed by atoms with Gasteiger partial charge >= 0.3 is 0 Å². The zero-order valence-corrected chi connectivity index (χ0v) is 13.4. The Morgan fingerprint density at radius 1 is 1.43 bits per heavy atom. The molecule has 0 radical (unpaired) electrons. The number of halogens is 2. The van der Waals surface area contributed by atoms with E-state index in [2.05, 4.69) is 21.2 Å². The maximum Gasteiger partial charge on any atom is 0.254 e. The molecular formula is C15H16BrFN2O2. The Bertz CT molecular complexity index is 614. The molecule has 0 fully saturated rings. The van der Waals surface area contributed by atoms with Crippen molar-refractivity contribution in [2.45, 2.75) is 6.04 Å². The van der Waals surface area contributed by atoms with Crippen LogP contribution in [0.3, 0.4) is 0 Å². The number of rotatable bonds is 5. The average Bonchev–Trinajstić information content (AvgIpc) is 2.95. The monoisotopic (exact) mass is 354 g/mol. The Hall–Kier alpha value is -1.66. The number of carbonyl (C=O) groups is 1.